The normalized spacial score (nSPS) is 20.6. The number of rotatable bonds is 5. The summed E-state index contributed by atoms with van der Waals surface area (Å²) in [6.07, 6.45) is 1.16. The Bertz CT molecular complexity index is 1240. The molecule has 0 radical (unpaired) electrons. The van der Waals surface area contributed by atoms with Gasteiger partial charge in [-0.3, -0.25) is 4.79 Å². The van der Waals surface area contributed by atoms with Gasteiger partial charge in [-0.2, -0.15) is 0 Å². The zero-order valence-electron chi connectivity index (χ0n) is 19.8. The predicted octanol–water partition coefficient (Wildman–Crippen LogP) is 2.99. The minimum Gasteiger partial charge on any atom is -0.453 e. The number of methoxy groups -OCH3 is 1. The van der Waals surface area contributed by atoms with E-state index in [0.717, 1.165) is 46.7 Å². The second-order valence-corrected chi connectivity index (χ2v) is 10.7. The van der Waals surface area contributed by atoms with Gasteiger partial charge in [-0.25, -0.2) is 9.78 Å². The SMILES string of the molecule is COC(=O)N1CC[C@H](NCc2cc3cc(Cl)ccc3[nH]2)[C@H](NC(=O)c2nc3c(s2)CN(C)CC3)C1. The van der Waals surface area contributed by atoms with Gasteiger partial charge in [0.05, 0.1) is 18.8 Å². The van der Waals surface area contributed by atoms with Crippen LogP contribution >= 0.6 is 22.9 Å². The van der Waals surface area contributed by atoms with Gasteiger partial charge in [0.2, 0.25) is 0 Å². The fourth-order valence-electron chi connectivity index (χ4n) is 4.79. The molecule has 3 aromatic rings. The van der Waals surface area contributed by atoms with Crippen molar-refractivity contribution in [3.63, 3.8) is 0 Å². The molecule has 2 atom stereocenters. The number of aromatic nitrogens is 2. The number of carbonyl (C=O) groups is 2. The molecule has 2 aromatic heterocycles. The number of halogens is 1. The highest BCUT2D eigenvalue weighted by Gasteiger charge is 2.34. The van der Waals surface area contributed by atoms with E-state index >= 15 is 0 Å². The number of nitrogens with zero attached hydrogens (tertiary/aromatic N) is 3. The molecule has 3 N–H and O–H groups in total. The van der Waals surface area contributed by atoms with Crippen molar-refractivity contribution in [3.8, 4) is 0 Å². The summed E-state index contributed by atoms with van der Waals surface area (Å²) in [6.45, 7) is 3.28. The number of H-pyrrole nitrogens is 1. The highest BCUT2D eigenvalue weighted by atomic mass is 35.5. The molecule has 35 heavy (non-hydrogen) atoms. The molecule has 2 aliphatic rings. The zero-order valence-corrected chi connectivity index (χ0v) is 21.3. The third kappa shape index (κ3) is 5.30. The maximum atomic E-state index is 13.2. The average molecular weight is 517 g/mol. The van der Waals surface area contributed by atoms with Crippen LogP contribution in [0.5, 0.6) is 0 Å². The largest absolute Gasteiger partial charge is 0.453 e. The third-order valence-electron chi connectivity index (χ3n) is 6.67. The molecule has 2 aliphatic heterocycles. The Kier molecular flexibility index (Phi) is 6.97. The molecular formula is C24H29ClN6O3S. The summed E-state index contributed by atoms with van der Waals surface area (Å²) < 4.78 is 4.92. The first kappa shape index (κ1) is 24.1. The molecule has 0 saturated carbocycles. The lowest BCUT2D eigenvalue weighted by atomic mass is 9.99. The lowest BCUT2D eigenvalue weighted by Gasteiger charge is -2.38. The van der Waals surface area contributed by atoms with Crippen LogP contribution in [0.3, 0.4) is 0 Å². The van der Waals surface area contributed by atoms with Crippen LogP contribution in [-0.2, 0) is 24.2 Å². The molecule has 1 aromatic carbocycles. The van der Waals surface area contributed by atoms with Gasteiger partial charge in [0.25, 0.3) is 5.91 Å². The van der Waals surface area contributed by atoms with Gasteiger partial charge in [0.1, 0.15) is 0 Å². The van der Waals surface area contributed by atoms with Crippen molar-refractivity contribution >= 4 is 45.8 Å². The first-order valence-corrected chi connectivity index (χ1v) is 12.9. The molecule has 0 spiro atoms. The summed E-state index contributed by atoms with van der Waals surface area (Å²) >= 11 is 7.57. The standard InChI is InChI=1S/C24H29ClN6O3S/c1-30-7-5-19-21(13-30)35-23(29-19)22(32)28-20-12-31(24(33)34-2)8-6-18(20)26-11-16-10-14-9-15(25)3-4-17(14)27-16/h3-4,9-10,18,20,26-27H,5-8,11-13H2,1-2H3,(H,28,32)/t18-,20+/m0/s1. The highest BCUT2D eigenvalue weighted by Crippen LogP contribution is 2.25. The maximum Gasteiger partial charge on any atom is 0.409 e. The Hall–Kier alpha value is -2.66. The molecule has 0 bridgehead atoms. The molecule has 0 unspecified atom stereocenters. The van der Waals surface area contributed by atoms with Crippen molar-refractivity contribution in [1.82, 2.24) is 30.4 Å². The number of carbonyl (C=O) groups excluding carboxylic acids is 2. The molecule has 1 fully saturated rings. The lowest BCUT2D eigenvalue weighted by molar-refractivity contribution is 0.0814. The predicted molar refractivity (Wildman–Crippen MR) is 136 cm³/mol. The van der Waals surface area contributed by atoms with E-state index in [1.807, 2.05) is 18.2 Å². The first-order valence-electron chi connectivity index (χ1n) is 11.7. The molecule has 4 heterocycles. The van der Waals surface area contributed by atoms with E-state index in [0.29, 0.717) is 36.1 Å². The number of benzene rings is 1. The van der Waals surface area contributed by atoms with Crippen molar-refractivity contribution in [1.29, 1.82) is 0 Å². The van der Waals surface area contributed by atoms with Crippen molar-refractivity contribution in [2.45, 2.75) is 38.0 Å². The summed E-state index contributed by atoms with van der Waals surface area (Å²) in [4.78, 5) is 38.4. The quantitative estimate of drug-likeness (QED) is 0.482. The molecule has 186 valence electrons. The number of piperidine rings is 1. The Morgan fingerprint density at radius 3 is 2.97 bits per heavy atom. The van der Waals surface area contributed by atoms with Crippen LogP contribution in [0.15, 0.2) is 24.3 Å². The Balaban J connectivity index is 1.29. The number of likely N-dealkylation sites (tertiary alicyclic amines) is 1. The van der Waals surface area contributed by atoms with Crippen LogP contribution in [0.1, 0.15) is 32.5 Å². The van der Waals surface area contributed by atoms with Gasteiger partial charge in [-0.05, 0) is 37.7 Å². The number of aromatic amines is 1. The summed E-state index contributed by atoms with van der Waals surface area (Å²) in [5, 5.41) is 8.94. The van der Waals surface area contributed by atoms with Gasteiger partial charge in [0, 0.05) is 71.7 Å². The Labute approximate surface area is 212 Å². The number of hydrogen-bond donors (Lipinski definition) is 3. The number of hydrogen-bond acceptors (Lipinski definition) is 7. The van der Waals surface area contributed by atoms with Crippen LogP contribution in [-0.4, -0.2) is 77.6 Å². The van der Waals surface area contributed by atoms with Crippen LogP contribution in [0.25, 0.3) is 10.9 Å². The maximum absolute atomic E-state index is 13.2. The smallest absolute Gasteiger partial charge is 0.409 e. The van der Waals surface area contributed by atoms with Crippen molar-refractivity contribution < 1.29 is 14.3 Å². The van der Waals surface area contributed by atoms with Gasteiger partial charge in [-0.15, -0.1) is 11.3 Å². The van der Waals surface area contributed by atoms with E-state index in [1.165, 1.54) is 18.4 Å². The number of fused-ring (bicyclic) bond motifs is 2. The van der Waals surface area contributed by atoms with E-state index < -0.39 is 0 Å². The summed E-state index contributed by atoms with van der Waals surface area (Å²) in [6, 6.07) is 7.53. The summed E-state index contributed by atoms with van der Waals surface area (Å²) in [5.74, 6) is -0.198. The van der Waals surface area contributed by atoms with Crippen LogP contribution in [0.2, 0.25) is 5.02 Å². The number of likely N-dealkylation sites (N-methyl/N-ethyl adjacent to an activating group) is 1. The average Bonchev–Trinajstić information content (AvgIpc) is 3.45. The van der Waals surface area contributed by atoms with E-state index in [-0.39, 0.29) is 24.1 Å². The third-order valence-corrected chi connectivity index (χ3v) is 7.99. The highest BCUT2D eigenvalue weighted by molar-refractivity contribution is 7.13. The molecule has 1 saturated heterocycles. The Morgan fingerprint density at radius 1 is 1.29 bits per heavy atom. The van der Waals surface area contributed by atoms with E-state index in [4.69, 9.17) is 16.3 Å². The van der Waals surface area contributed by atoms with Crippen LogP contribution in [0.4, 0.5) is 4.79 Å². The van der Waals surface area contributed by atoms with Crippen molar-refractivity contribution in [2.24, 2.45) is 0 Å². The number of thiazole rings is 1. The fraction of sp³-hybridized carbons (Fsp3) is 0.458. The van der Waals surface area contributed by atoms with Gasteiger partial charge in [-0.1, -0.05) is 11.6 Å². The minimum absolute atomic E-state index is 0.0180. The second kappa shape index (κ2) is 10.1. The minimum atomic E-state index is -0.386. The molecule has 0 aliphatic carbocycles. The second-order valence-electron chi connectivity index (χ2n) is 9.17. The molecule has 2 amide bonds. The van der Waals surface area contributed by atoms with Crippen LogP contribution in [0, 0.1) is 0 Å². The molecule has 5 rings (SSSR count). The summed E-state index contributed by atoms with van der Waals surface area (Å²) in [7, 11) is 3.45. The van der Waals surface area contributed by atoms with Crippen molar-refractivity contribution in [2.75, 3.05) is 33.8 Å². The van der Waals surface area contributed by atoms with Crippen molar-refractivity contribution in [3.05, 3.63) is 50.6 Å². The lowest BCUT2D eigenvalue weighted by Crippen LogP contribution is -2.60. The van der Waals surface area contributed by atoms with Gasteiger partial charge < -0.3 is 30.2 Å². The topological polar surface area (TPSA) is 103 Å². The number of ether oxygens (including phenoxy) is 1. The van der Waals surface area contributed by atoms with Crippen LogP contribution < -0.4 is 10.6 Å². The summed E-state index contributed by atoms with van der Waals surface area (Å²) in [5.41, 5.74) is 3.07. The zero-order chi connectivity index (χ0) is 24.5. The van der Waals surface area contributed by atoms with Gasteiger partial charge in [0.15, 0.2) is 5.01 Å². The Morgan fingerprint density at radius 2 is 2.14 bits per heavy atom. The molecule has 11 heteroatoms. The number of nitrogens with one attached hydrogen (secondary N) is 3. The molecular weight excluding hydrogens is 488 g/mol. The monoisotopic (exact) mass is 516 g/mol. The van der Waals surface area contributed by atoms with E-state index in [1.54, 1.807) is 4.90 Å². The number of amides is 2. The van der Waals surface area contributed by atoms with Gasteiger partial charge >= 0.3 is 6.09 Å². The van der Waals surface area contributed by atoms with E-state index in [2.05, 4.69) is 38.6 Å². The molecule has 9 nitrogen and oxygen atoms in total. The van der Waals surface area contributed by atoms with E-state index in [9.17, 15) is 9.59 Å². The fourth-order valence-corrected chi connectivity index (χ4v) is 6.06. The first-order chi connectivity index (χ1) is 16.9.